The number of hydrogen-bond acceptors (Lipinski definition) is 4. The van der Waals surface area contributed by atoms with Crippen LogP contribution in [-0.4, -0.2) is 22.4 Å². The van der Waals surface area contributed by atoms with Crippen molar-refractivity contribution in [2.24, 2.45) is 0 Å². The summed E-state index contributed by atoms with van der Waals surface area (Å²) < 4.78 is 0. The molecule has 1 aliphatic rings. The number of ketones is 2. The molecule has 1 aliphatic heterocycles. The largest absolute Gasteiger partial charge is 0.506 e. The van der Waals surface area contributed by atoms with Crippen LogP contribution in [0.4, 0.5) is 0 Å². The number of Topliss-reactive ketones (excluding diaryl/α,β-unsaturated/α-hetero) is 2. The fraction of sp³-hybridized carbons (Fsp3) is 0.167. The summed E-state index contributed by atoms with van der Waals surface area (Å²) in [7, 11) is 0. The van der Waals surface area contributed by atoms with Crippen LogP contribution in [0.5, 0.6) is 0 Å². The van der Waals surface area contributed by atoms with Crippen LogP contribution in [0.15, 0.2) is 34.7 Å². The Morgan fingerprint density at radius 1 is 1.38 bits per heavy atom. The van der Waals surface area contributed by atoms with Crippen LogP contribution in [0.3, 0.4) is 0 Å². The molecule has 1 aromatic rings. The van der Waals surface area contributed by atoms with Crippen molar-refractivity contribution in [1.29, 1.82) is 0 Å². The number of hydrogen-bond donors (Lipinski definition) is 1. The molecule has 0 bridgehead atoms. The molecular weight excluding hydrogens is 224 g/mol. The molecule has 16 heavy (non-hydrogen) atoms. The van der Waals surface area contributed by atoms with Crippen molar-refractivity contribution in [1.82, 2.24) is 0 Å². The van der Waals surface area contributed by atoms with Gasteiger partial charge >= 0.3 is 0 Å². The third-order valence-electron chi connectivity index (χ3n) is 2.37. The molecule has 0 saturated heterocycles. The van der Waals surface area contributed by atoms with Crippen molar-refractivity contribution in [3.63, 3.8) is 0 Å². The molecule has 3 nitrogen and oxygen atoms in total. The molecule has 0 aromatic heterocycles. The third-order valence-corrected chi connectivity index (χ3v) is 3.44. The van der Waals surface area contributed by atoms with Crippen LogP contribution < -0.4 is 0 Å². The van der Waals surface area contributed by atoms with Gasteiger partial charge in [0.1, 0.15) is 11.3 Å². The number of thioether (sulfide) groups is 1. The maximum atomic E-state index is 11.7. The maximum Gasteiger partial charge on any atom is 0.180 e. The van der Waals surface area contributed by atoms with E-state index in [-0.39, 0.29) is 28.7 Å². The first-order valence-electron chi connectivity index (χ1n) is 4.81. The molecule has 0 radical (unpaired) electrons. The van der Waals surface area contributed by atoms with E-state index < -0.39 is 0 Å². The lowest BCUT2D eigenvalue weighted by Gasteiger charge is -2.05. The van der Waals surface area contributed by atoms with Crippen LogP contribution in [0.1, 0.15) is 12.5 Å². The zero-order valence-electron chi connectivity index (χ0n) is 8.69. The van der Waals surface area contributed by atoms with Gasteiger partial charge in [0.15, 0.2) is 11.6 Å². The first-order valence-corrected chi connectivity index (χ1v) is 5.79. The molecule has 1 aromatic carbocycles. The van der Waals surface area contributed by atoms with Crippen molar-refractivity contribution < 1.29 is 14.7 Å². The van der Waals surface area contributed by atoms with E-state index in [2.05, 4.69) is 0 Å². The number of fused-ring (bicyclic) bond motifs is 1. The third kappa shape index (κ3) is 1.76. The van der Waals surface area contributed by atoms with Crippen LogP contribution in [0.2, 0.25) is 0 Å². The van der Waals surface area contributed by atoms with E-state index in [1.54, 1.807) is 12.1 Å². The van der Waals surface area contributed by atoms with E-state index >= 15 is 0 Å². The number of carbonyl (C=O) groups excluding carboxylic acids is 2. The zero-order chi connectivity index (χ0) is 11.7. The van der Waals surface area contributed by atoms with Gasteiger partial charge in [-0.1, -0.05) is 18.2 Å². The molecule has 1 heterocycles. The number of carbonyl (C=O) groups is 2. The molecule has 4 heteroatoms. The standard InChI is InChI=1S/C12H10O3S/c1-7(13)11-9(14)6-16-10-5-3-2-4-8(10)12(11)15/h2-5,15H,6H2,1H3. The van der Waals surface area contributed by atoms with Crippen molar-refractivity contribution in [3.8, 4) is 0 Å². The van der Waals surface area contributed by atoms with Crippen molar-refractivity contribution in [2.75, 3.05) is 5.75 Å². The van der Waals surface area contributed by atoms with Gasteiger partial charge in [-0.3, -0.25) is 9.59 Å². The molecule has 2 rings (SSSR count). The highest BCUT2D eigenvalue weighted by Gasteiger charge is 2.25. The molecule has 82 valence electrons. The fourth-order valence-electron chi connectivity index (χ4n) is 1.63. The highest BCUT2D eigenvalue weighted by atomic mass is 32.2. The number of rotatable bonds is 1. The predicted molar refractivity (Wildman–Crippen MR) is 62.4 cm³/mol. The first-order chi connectivity index (χ1) is 7.61. The zero-order valence-corrected chi connectivity index (χ0v) is 9.50. The SMILES string of the molecule is CC(=O)C1=C(O)c2ccccc2SCC1=O. The highest BCUT2D eigenvalue weighted by Crippen LogP contribution is 2.33. The lowest BCUT2D eigenvalue weighted by Crippen LogP contribution is -2.13. The molecule has 0 saturated carbocycles. The van der Waals surface area contributed by atoms with Gasteiger partial charge in [0, 0.05) is 10.5 Å². The smallest absolute Gasteiger partial charge is 0.180 e. The summed E-state index contributed by atoms with van der Waals surface area (Å²) in [6.07, 6.45) is 0. The molecule has 0 fully saturated rings. The number of benzene rings is 1. The lowest BCUT2D eigenvalue weighted by molar-refractivity contribution is -0.119. The predicted octanol–water partition coefficient (Wildman–Crippen LogP) is 2.22. The summed E-state index contributed by atoms with van der Waals surface area (Å²) in [6, 6.07) is 7.14. The first kappa shape index (κ1) is 11.0. The Bertz CT molecular complexity index is 503. The molecule has 0 unspecified atom stereocenters. The minimum absolute atomic E-state index is 0.0857. The maximum absolute atomic E-state index is 11.7. The summed E-state index contributed by atoms with van der Waals surface area (Å²) >= 11 is 1.34. The van der Waals surface area contributed by atoms with Gasteiger partial charge in [-0.2, -0.15) is 0 Å². The summed E-state index contributed by atoms with van der Waals surface area (Å²) in [6.45, 7) is 1.29. The Hall–Kier alpha value is -1.55. The number of allylic oxidation sites excluding steroid dienone is 1. The van der Waals surface area contributed by atoms with Crippen LogP contribution in [-0.2, 0) is 9.59 Å². The number of aliphatic hydroxyl groups is 1. The van der Waals surface area contributed by atoms with Crippen molar-refractivity contribution >= 4 is 29.1 Å². The highest BCUT2D eigenvalue weighted by molar-refractivity contribution is 8.00. The normalized spacial score (nSPS) is 15.7. The van der Waals surface area contributed by atoms with Crippen LogP contribution in [0.25, 0.3) is 5.76 Å². The van der Waals surface area contributed by atoms with Crippen LogP contribution >= 0.6 is 11.8 Å². The second-order valence-corrected chi connectivity index (χ2v) is 4.50. The van der Waals surface area contributed by atoms with E-state index in [1.807, 2.05) is 12.1 Å². The average molecular weight is 234 g/mol. The second-order valence-electron chi connectivity index (χ2n) is 3.49. The van der Waals surface area contributed by atoms with Crippen molar-refractivity contribution in [3.05, 3.63) is 35.4 Å². The Morgan fingerprint density at radius 2 is 2.06 bits per heavy atom. The summed E-state index contributed by atoms with van der Waals surface area (Å²) in [5.74, 6) is -0.709. The van der Waals surface area contributed by atoms with E-state index in [4.69, 9.17) is 0 Å². The quantitative estimate of drug-likeness (QED) is 0.757. The molecule has 0 aliphatic carbocycles. The van der Waals surface area contributed by atoms with Gasteiger partial charge in [-0.15, -0.1) is 11.8 Å². The molecular formula is C12H10O3S. The van der Waals surface area contributed by atoms with Gasteiger partial charge in [0.25, 0.3) is 0 Å². The Kier molecular flexibility index (Phi) is 2.83. The van der Waals surface area contributed by atoms with Gasteiger partial charge in [0.2, 0.25) is 0 Å². The average Bonchev–Trinajstić information content (AvgIpc) is 2.37. The monoisotopic (exact) mass is 234 g/mol. The Morgan fingerprint density at radius 3 is 2.75 bits per heavy atom. The molecule has 0 spiro atoms. The minimum Gasteiger partial charge on any atom is -0.506 e. The second kappa shape index (κ2) is 4.14. The van der Waals surface area contributed by atoms with E-state index in [1.165, 1.54) is 18.7 Å². The Labute approximate surface area is 97.2 Å². The van der Waals surface area contributed by atoms with E-state index in [0.717, 1.165) is 4.90 Å². The summed E-state index contributed by atoms with van der Waals surface area (Å²) in [5.41, 5.74) is 0.473. The number of aliphatic hydroxyl groups excluding tert-OH is 1. The van der Waals surface area contributed by atoms with Gasteiger partial charge < -0.3 is 5.11 Å². The lowest BCUT2D eigenvalue weighted by atomic mass is 10.0. The Balaban J connectivity index is 2.67. The van der Waals surface area contributed by atoms with Crippen LogP contribution in [0, 0.1) is 0 Å². The van der Waals surface area contributed by atoms with E-state index in [0.29, 0.717) is 5.56 Å². The summed E-state index contributed by atoms with van der Waals surface area (Å²) in [5, 5.41) is 9.97. The topological polar surface area (TPSA) is 54.4 Å². The molecule has 0 amide bonds. The van der Waals surface area contributed by atoms with Gasteiger partial charge in [0.05, 0.1) is 5.75 Å². The van der Waals surface area contributed by atoms with Gasteiger partial charge in [-0.05, 0) is 13.0 Å². The minimum atomic E-state index is -0.389. The molecule has 0 atom stereocenters. The van der Waals surface area contributed by atoms with Gasteiger partial charge in [-0.25, -0.2) is 0 Å². The summed E-state index contributed by atoms with van der Waals surface area (Å²) in [4.78, 5) is 23.8. The van der Waals surface area contributed by atoms with Crippen molar-refractivity contribution in [2.45, 2.75) is 11.8 Å². The molecule has 1 N–H and O–H groups in total. The van der Waals surface area contributed by atoms with E-state index in [9.17, 15) is 14.7 Å². The fourth-order valence-corrected chi connectivity index (χ4v) is 2.56.